The van der Waals surface area contributed by atoms with Crippen LogP contribution in [0.5, 0.6) is 0 Å². The molecule has 0 aliphatic rings. The molecule has 0 aliphatic carbocycles. The van der Waals surface area contributed by atoms with Gasteiger partial charge in [0.25, 0.3) is 5.56 Å². The zero-order valence-electron chi connectivity index (χ0n) is 7.38. The topological polar surface area (TPSA) is 104 Å². The zero-order chi connectivity index (χ0) is 10.3. The van der Waals surface area contributed by atoms with Crippen LogP contribution in [0.25, 0.3) is 11.2 Å². The molecule has 0 fully saturated rings. The number of rotatable bonds is 1. The van der Waals surface area contributed by atoms with E-state index in [0.717, 1.165) is 0 Å². The first-order valence-electron chi connectivity index (χ1n) is 4.08. The molecule has 2 rings (SSSR count). The van der Waals surface area contributed by atoms with E-state index >= 15 is 0 Å². The van der Waals surface area contributed by atoms with Gasteiger partial charge >= 0.3 is 11.4 Å². The molecule has 2 heterocycles. The summed E-state index contributed by atoms with van der Waals surface area (Å²) in [6.45, 7) is 2.12. The van der Waals surface area contributed by atoms with Gasteiger partial charge in [-0.1, -0.05) is 0 Å². The first-order valence-corrected chi connectivity index (χ1v) is 4.08. The Morgan fingerprint density at radius 2 is 1.86 bits per heavy atom. The van der Waals surface area contributed by atoms with Gasteiger partial charge < -0.3 is 0 Å². The molecule has 0 aromatic carbocycles. The second-order valence-corrected chi connectivity index (χ2v) is 2.81. The Morgan fingerprint density at radius 3 is 2.50 bits per heavy atom. The number of nitrogens with one attached hydrogen (secondary N) is 3. The van der Waals surface area contributed by atoms with E-state index in [9.17, 15) is 14.4 Å². The summed E-state index contributed by atoms with van der Waals surface area (Å²) in [6.07, 6.45) is 0. The van der Waals surface area contributed by atoms with Crippen LogP contribution in [0.15, 0.2) is 14.4 Å². The third-order valence-corrected chi connectivity index (χ3v) is 1.99. The smallest absolute Gasteiger partial charge is 0.300 e. The summed E-state index contributed by atoms with van der Waals surface area (Å²) >= 11 is 0. The molecular formula is C7H8N4O3. The lowest BCUT2D eigenvalue weighted by Gasteiger charge is -2.00. The number of nitrogens with zero attached hydrogens (tertiary/aromatic N) is 1. The summed E-state index contributed by atoms with van der Waals surface area (Å²) in [5, 5.41) is 0. The van der Waals surface area contributed by atoms with Crippen molar-refractivity contribution >= 4 is 11.2 Å². The minimum absolute atomic E-state index is 0.0939. The van der Waals surface area contributed by atoms with Crippen molar-refractivity contribution in [1.29, 1.82) is 0 Å². The molecule has 0 bridgehead atoms. The largest absolute Gasteiger partial charge is 0.330 e. The number of hydrogen-bond acceptors (Lipinski definition) is 3. The molecule has 0 saturated carbocycles. The number of fused-ring (bicyclic) bond motifs is 1. The van der Waals surface area contributed by atoms with Gasteiger partial charge in [0, 0.05) is 6.54 Å². The maximum absolute atomic E-state index is 11.3. The highest BCUT2D eigenvalue weighted by atomic mass is 16.2. The van der Waals surface area contributed by atoms with E-state index in [0.29, 0.717) is 6.54 Å². The van der Waals surface area contributed by atoms with Crippen molar-refractivity contribution in [1.82, 2.24) is 19.5 Å². The molecule has 7 heteroatoms. The van der Waals surface area contributed by atoms with Crippen molar-refractivity contribution in [3.8, 4) is 0 Å². The van der Waals surface area contributed by atoms with Crippen LogP contribution >= 0.6 is 0 Å². The van der Waals surface area contributed by atoms with Gasteiger partial charge in [0.1, 0.15) is 5.65 Å². The first kappa shape index (κ1) is 8.54. The quantitative estimate of drug-likeness (QED) is 0.529. The SMILES string of the molecule is CCn1c(=O)[nH]c(=O)c2[nH]c(=O)[nH]c21. The Kier molecular flexibility index (Phi) is 1.66. The standard InChI is InChI=1S/C7H8N4O3/c1-2-11-4-3(8-6(13)9-4)5(12)10-7(11)14/h2H2,1H3,(H2,8,9,13)(H,10,12,14). The number of aryl methyl sites for hydroxylation is 1. The van der Waals surface area contributed by atoms with E-state index in [1.807, 2.05) is 0 Å². The highest BCUT2D eigenvalue weighted by molar-refractivity contribution is 5.68. The number of H-pyrrole nitrogens is 3. The van der Waals surface area contributed by atoms with Gasteiger partial charge in [-0.05, 0) is 6.92 Å². The van der Waals surface area contributed by atoms with Crippen molar-refractivity contribution in [2.45, 2.75) is 13.5 Å². The molecule has 0 atom stereocenters. The fourth-order valence-corrected chi connectivity index (χ4v) is 1.37. The second-order valence-electron chi connectivity index (χ2n) is 2.81. The third-order valence-electron chi connectivity index (χ3n) is 1.99. The molecule has 0 radical (unpaired) electrons. The van der Waals surface area contributed by atoms with Crippen LogP contribution in [-0.2, 0) is 6.54 Å². The summed E-state index contributed by atoms with van der Waals surface area (Å²) in [5.41, 5.74) is -1.30. The van der Waals surface area contributed by atoms with Crippen molar-refractivity contribution in [3.05, 3.63) is 31.3 Å². The van der Waals surface area contributed by atoms with E-state index in [-0.39, 0.29) is 11.2 Å². The normalized spacial score (nSPS) is 10.9. The van der Waals surface area contributed by atoms with Crippen LogP contribution in [-0.4, -0.2) is 19.5 Å². The van der Waals surface area contributed by atoms with Crippen LogP contribution in [0.1, 0.15) is 6.92 Å². The van der Waals surface area contributed by atoms with Gasteiger partial charge in [-0.2, -0.15) is 0 Å². The molecule has 7 nitrogen and oxygen atoms in total. The third kappa shape index (κ3) is 1.02. The van der Waals surface area contributed by atoms with Gasteiger partial charge in [-0.25, -0.2) is 9.59 Å². The molecule has 0 saturated heterocycles. The van der Waals surface area contributed by atoms with E-state index in [1.165, 1.54) is 4.57 Å². The fourth-order valence-electron chi connectivity index (χ4n) is 1.37. The Balaban J connectivity index is 3.12. The zero-order valence-corrected chi connectivity index (χ0v) is 7.38. The van der Waals surface area contributed by atoms with Crippen LogP contribution in [0.2, 0.25) is 0 Å². The molecule has 74 valence electrons. The molecule has 2 aromatic heterocycles. The van der Waals surface area contributed by atoms with Crippen molar-refractivity contribution in [3.63, 3.8) is 0 Å². The van der Waals surface area contributed by atoms with E-state index in [1.54, 1.807) is 6.92 Å². The van der Waals surface area contributed by atoms with Gasteiger partial charge in [-0.15, -0.1) is 0 Å². The molecular weight excluding hydrogens is 188 g/mol. The van der Waals surface area contributed by atoms with Gasteiger partial charge in [0.15, 0.2) is 5.52 Å². The molecule has 14 heavy (non-hydrogen) atoms. The number of hydrogen-bond donors (Lipinski definition) is 3. The first-order chi connectivity index (χ1) is 6.63. The Hall–Kier alpha value is -2.05. The van der Waals surface area contributed by atoms with Gasteiger partial charge in [-0.3, -0.25) is 24.3 Å². The summed E-state index contributed by atoms with van der Waals surface area (Å²) in [7, 11) is 0. The lowest BCUT2D eigenvalue weighted by atomic mass is 10.5. The maximum atomic E-state index is 11.3. The van der Waals surface area contributed by atoms with Crippen LogP contribution in [0, 0.1) is 0 Å². The monoisotopic (exact) mass is 196 g/mol. The molecule has 0 amide bonds. The highest BCUT2D eigenvalue weighted by Gasteiger charge is 2.08. The minimum Gasteiger partial charge on any atom is -0.300 e. The molecule has 0 aliphatic heterocycles. The lowest BCUT2D eigenvalue weighted by Crippen LogP contribution is -2.29. The summed E-state index contributed by atoms with van der Waals surface area (Å²) in [6, 6.07) is 0. The Bertz CT molecular complexity index is 641. The fraction of sp³-hybridized carbons (Fsp3) is 0.286. The lowest BCUT2D eigenvalue weighted by molar-refractivity contribution is 0.719. The summed E-state index contributed by atoms with van der Waals surface area (Å²) in [5.74, 6) is 0. The van der Waals surface area contributed by atoms with E-state index in [2.05, 4.69) is 15.0 Å². The van der Waals surface area contributed by atoms with Crippen molar-refractivity contribution < 1.29 is 0 Å². The molecule has 0 spiro atoms. The minimum atomic E-state index is -0.590. The number of imidazole rings is 1. The second kappa shape index (κ2) is 2.72. The van der Waals surface area contributed by atoms with Crippen molar-refractivity contribution in [2.75, 3.05) is 0 Å². The van der Waals surface area contributed by atoms with Crippen LogP contribution < -0.4 is 16.9 Å². The molecule has 0 unspecified atom stereocenters. The number of aromatic nitrogens is 4. The summed E-state index contributed by atoms with van der Waals surface area (Å²) in [4.78, 5) is 40.2. The average molecular weight is 196 g/mol. The maximum Gasteiger partial charge on any atom is 0.330 e. The van der Waals surface area contributed by atoms with Crippen molar-refractivity contribution in [2.24, 2.45) is 0 Å². The molecule has 2 aromatic rings. The average Bonchev–Trinajstić information content (AvgIpc) is 2.48. The van der Waals surface area contributed by atoms with Crippen LogP contribution in [0.4, 0.5) is 0 Å². The highest BCUT2D eigenvalue weighted by Crippen LogP contribution is 1.95. The predicted molar refractivity (Wildman–Crippen MR) is 49.5 cm³/mol. The predicted octanol–water partition coefficient (Wildman–Crippen LogP) is -1.27. The number of aromatic amines is 3. The van der Waals surface area contributed by atoms with E-state index < -0.39 is 16.9 Å². The molecule has 3 N–H and O–H groups in total. The van der Waals surface area contributed by atoms with Gasteiger partial charge in [0.05, 0.1) is 0 Å². The van der Waals surface area contributed by atoms with E-state index in [4.69, 9.17) is 0 Å². The summed E-state index contributed by atoms with van der Waals surface area (Å²) < 4.78 is 1.27. The van der Waals surface area contributed by atoms with Gasteiger partial charge in [0.2, 0.25) is 0 Å². The van der Waals surface area contributed by atoms with Crippen LogP contribution in [0.3, 0.4) is 0 Å². The Labute approximate surface area is 76.4 Å². The Morgan fingerprint density at radius 1 is 1.14 bits per heavy atom.